The summed E-state index contributed by atoms with van der Waals surface area (Å²) in [4.78, 5) is 21.5. The summed E-state index contributed by atoms with van der Waals surface area (Å²) in [5.74, 6) is 0. The number of amides is 2. The molecule has 1 aromatic carbocycles. The molecule has 28 heavy (non-hydrogen) atoms. The second-order valence-electron chi connectivity index (χ2n) is 5.67. The topological polar surface area (TPSA) is 95.6 Å². The number of carbonyl (C=O) groups excluding carboxylic acids is 1. The fraction of sp³-hybridized carbons (Fsp3) is 0. The van der Waals surface area contributed by atoms with Gasteiger partial charge in [0.15, 0.2) is 0 Å². The molecule has 2 heterocycles. The molecular weight excluding hydrogens is 352 g/mol. The van der Waals surface area contributed by atoms with Crippen LogP contribution < -0.4 is 26.8 Å². The predicted octanol–water partition coefficient (Wildman–Crippen LogP) is 1.37. The standard InChI is InChI=1S/C21H20N6O/c22-21(28)27-13-11-23-8-3-5-17-15-26-20-7-2-1-6-18(20)19(17)16-25-10-4-9-24-12-14-27/h1-16,23-24H,(H2,22,28). The number of nitrogens with zero attached hydrogens (tertiary/aromatic N) is 3. The number of fused-ring (bicyclic) bond motifs is 3. The van der Waals surface area contributed by atoms with Crippen LogP contribution in [0.15, 0.2) is 84.8 Å². The monoisotopic (exact) mass is 372 g/mol. The molecule has 0 radical (unpaired) electrons. The van der Waals surface area contributed by atoms with Gasteiger partial charge in [-0.15, -0.1) is 0 Å². The van der Waals surface area contributed by atoms with Gasteiger partial charge in [0.1, 0.15) is 0 Å². The third-order valence-corrected chi connectivity index (χ3v) is 3.80. The molecule has 0 atom stereocenters. The van der Waals surface area contributed by atoms with Crippen molar-refractivity contribution < 1.29 is 4.79 Å². The Labute approximate surface area is 162 Å². The van der Waals surface area contributed by atoms with Crippen molar-refractivity contribution in [1.82, 2.24) is 20.5 Å². The molecule has 0 saturated heterocycles. The van der Waals surface area contributed by atoms with Gasteiger partial charge in [-0.05, 0) is 18.2 Å². The lowest BCUT2D eigenvalue weighted by atomic mass is 10.1. The van der Waals surface area contributed by atoms with Crippen molar-refractivity contribution in [3.8, 4) is 0 Å². The summed E-state index contributed by atoms with van der Waals surface area (Å²) in [6, 6.07) is 7.33. The zero-order valence-electron chi connectivity index (χ0n) is 15.1. The van der Waals surface area contributed by atoms with Gasteiger partial charge < -0.3 is 16.4 Å². The number of aliphatic imine (C=N–C) groups is 1. The zero-order valence-corrected chi connectivity index (χ0v) is 15.1. The van der Waals surface area contributed by atoms with E-state index < -0.39 is 6.03 Å². The number of nitrogens with one attached hydrogen (secondary N) is 2. The highest BCUT2D eigenvalue weighted by Crippen LogP contribution is 2.03. The SMILES string of the molecule is NC(=O)N1C=CNC=CC=NC=c2c(cnc3ccccc23)=CC=CNC=C1. The molecule has 0 saturated carbocycles. The lowest BCUT2D eigenvalue weighted by molar-refractivity contribution is 0.235. The minimum absolute atomic E-state index is 0.600. The zero-order chi connectivity index (χ0) is 19.6. The molecule has 0 fully saturated rings. The van der Waals surface area contributed by atoms with Gasteiger partial charge in [0, 0.05) is 71.6 Å². The van der Waals surface area contributed by atoms with Gasteiger partial charge in [0.25, 0.3) is 0 Å². The number of hydrogen-bond donors (Lipinski definition) is 3. The smallest absolute Gasteiger partial charge is 0.322 e. The van der Waals surface area contributed by atoms with Crippen LogP contribution in [0.25, 0.3) is 23.2 Å². The Morgan fingerprint density at radius 2 is 1.75 bits per heavy atom. The number of pyridine rings is 1. The van der Waals surface area contributed by atoms with Gasteiger partial charge in [-0.2, -0.15) is 0 Å². The van der Waals surface area contributed by atoms with Crippen molar-refractivity contribution in [2.45, 2.75) is 0 Å². The second kappa shape index (κ2) is 9.54. The Morgan fingerprint density at radius 3 is 2.54 bits per heavy atom. The predicted molar refractivity (Wildman–Crippen MR) is 113 cm³/mol. The van der Waals surface area contributed by atoms with Crippen molar-refractivity contribution in [2.24, 2.45) is 10.7 Å². The molecule has 1 aromatic heterocycles. The molecule has 0 aliphatic carbocycles. The quantitative estimate of drug-likeness (QED) is 0.651. The fourth-order valence-corrected chi connectivity index (χ4v) is 2.48. The van der Waals surface area contributed by atoms with E-state index >= 15 is 0 Å². The number of benzene rings is 1. The van der Waals surface area contributed by atoms with E-state index in [9.17, 15) is 4.79 Å². The summed E-state index contributed by atoms with van der Waals surface area (Å²) in [7, 11) is 0. The average Bonchev–Trinajstić information content (AvgIpc) is 2.71. The maximum absolute atomic E-state index is 11.4. The number of nitrogens with two attached hydrogens (primary N) is 1. The van der Waals surface area contributed by atoms with Crippen molar-refractivity contribution in [2.75, 3.05) is 0 Å². The van der Waals surface area contributed by atoms with E-state index in [0.29, 0.717) is 0 Å². The summed E-state index contributed by atoms with van der Waals surface area (Å²) < 4.78 is 0. The highest BCUT2D eigenvalue weighted by atomic mass is 16.2. The molecule has 0 bridgehead atoms. The van der Waals surface area contributed by atoms with Crippen LogP contribution in [0, 0.1) is 0 Å². The van der Waals surface area contributed by atoms with Crippen molar-refractivity contribution in [1.29, 1.82) is 0 Å². The van der Waals surface area contributed by atoms with Crippen LogP contribution in [0.4, 0.5) is 4.79 Å². The number of para-hydroxylation sites is 1. The molecule has 3 rings (SSSR count). The van der Waals surface area contributed by atoms with Crippen LogP contribution in [-0.4, -0.2) is 22.1 Å². The minimum Gasteiger partial charge on any atom is -0.366 e. The molecule has 2 amide bonds. The maximum atomic E-state index is 11.4. The molecule has 4 N–H and O–H groups in total. The lowest BCUT2D eigenvalue weighted by Crippen LogP contribution is -2.27. The molecule has 0 unspecified atom stereocenters. The molecule has 140 valence electrons. The first-order chi connectivity index (χ1) is 13.8. The van der Waals surface area contributed by atoms with Gasteiger partial charge in [-0.1, -0.05) is 24.3 Å². The van der Waals surface area contributed by atoms with E-state index in [-0.39, 0.29) is 0 Å². The van der Waals surface area contributed by atoms with E-state index in [0.717, 1.165) is 21.3 Å². The number of rotatable bonds is 0. The minimum atomic E-state index is -0.600. The summed E-state index contributed by atoms with van der Waals surface area (Å²) in [6.07, 6.45) is 20.5. The van der Waals surface area contributed by atoms with Crippen LogP contribution in [0.1, 0.15) is 0 Å². The third kappa shape index (κ3) is 4.95. The van der Waals surface area contributed by atoms with Crippen LogP contribution in [0.3, 0.4) is 0 Å². The summed E-state index contributed by atoms with van der Waals surface area (Å²) in [6.45, 7) is 0. The Morgan fingerprint density at radius 1 is 1.00 bits per heavy atom. The largest absolute Gasteiger partial charge is 0.366 e. The van der Waals surface area contributed by atoms with E-state index in [4.69, 9.17) is 5.73 Å². The van der Waals surface area contributed by atoms with E-state index in [1.165, 1.54) is 17.3 Å². The highest BCUT2D eigenvalue weighted by Gasteiger charge is 1.99. The van der Waals surface area contributed by atoms with Gasteiger partial charge in [-0.3, -0.25) is 14.9 Å². The van der Waals surface area contributed by atoms with Crippen LogP contribution in [-0.2, 0) is 0 Å². The third-order valence-electron chi connectivity index (χ3n) is 3.80. The Kier molecular flexibility index (Phi) is 6.35. The van der Waals surface area contributed by atoms with Gasteiger partial charge in [0.05, 0.1) is 5.52 Å². The Balaban J connectivity index is 2.03. The Bertz CT molecular complexity index is 1110. The van der Waals surface area contributed by atoms with Crippen molar-refractivity contribution in [3.63, 3.8) is 0 Å². The van der Waals surface area contributed by atoms with E-state index in [2.05, 4.69) is 20.6 Å². The average molecular weight is 372 g/mol. The molecule has 2 aromatic rings. The summed E-state index contributed by atoms with van der Waals surface area (Å²) in [5.41, 5.74) is 6.23. The van der Waals surface area contributed by atoms with Crippen molar-refractivity contribution in [3.05, 3.63) is 90.3 Å². The number of carbonyl (C=O) groups is 1. The number of urea groups is 1. The number of hydrogen-bond acceptors (Lipinski definition) is 5. The summed E-state index contributed by atoms with van der Waals surface area (Å²) in [5, 5.41) is 8.81. The molecule has 0 spiro atoms. The second-order valence-corrected chi connectivity index (χ2v) is 5.67. The molecular formula is C21H20N6O. The highest BCUT2D eigenvalue weighted by molar-refractivity contribution is 5.81. The molecule has 7 heteroatoms. The maximum Gasteiger partial charge on any atom is 0.322 e. The summed E-state index contributed by atoms with van der Waals surface area (Å²) >= 11 is 0. The van der Waals surface area contributed by atoms with Crippen LogP contribution >= 0.6 is 0 Å². The first-order valence-electron chi connectivity index (χ1n) is 8.58. The Hall–Kier alpha value is -4.13. The number of allylic oxidation sites excluding steroid dienone is 2. The molecule has 7 nitrogen and oxygen atoms in total. The fourth-order valence-electron chi connectivity index (χ4n) is 2.48. The van der Waals surface area contributed by atoms with E-state index in [1.54, 1.807) is 37.1 Å². The number of primary amides is 1. The van der Waals surface area contributed by atoms with Crippen LogP contribution in [0.2, 0.25) is 0 Å². The normalized spacial score (nSPS) is 14.4. The number of aromatic nitrogens is 1. The van der Waals surface area contributed by atoms with E-state index in [1.807, 2.05) is 48.8 Å². The van der Waals surface area contributed by atoms with Gasteiger partial charge in [0.2, 0.25) is 0 Å². The first-order valence-corrected chi connectivity index (χ1v) is 8.58. The molecule has 1 aliphatic rings. The molecule has 1 aliphatic heterocycles. The van der Waals surface area contributed by atoms with Crippen molar-refractivity contribution >= 4 is 35.4 Å². The first kappa shape index (κ1) is 18.7. The van der Waals surface area contributed by atoms with Gasteiger partial charge in [-0.25, -0.2) is 4.79 Å². The van der Waals surface area contributed by atoms with Gasteiger partial charge >= 0.3 is 6.03 Å². The van der Waals surface area contributed by atoms with Crippen LogP contribution in [0.5, 0.6) is 0 Å². The lowest BCUT2D eigenvalue weighted by Gasteiger charge is -2.08.